The molecule has 0 saturated carbocycles. The van der Waals surface area contributed by atoms with Gasteiger partial charge in [0, 0.05) is 11.4 Å². The predicted octanol–water partition coefficient (Wildman–Crippen LogP) is 2.29. The van der Waals surface area contributed by atoms with Crippen LogP contribution in [0, 0.1) is 11.2 Å². The van der Waals surface area contributed by atoms with Gasteiger partial charge in [-0.25, -0.2) is 4.39 Å². The lowest BCUT2D eigenvalue weighted by Crippen LogP contribution is -2.39. The number of benzene rings is 1. The molecule has 6 heteroatoms. The normalized spacial score (nSPS) is 13.8. The molecule has 1 rings (SSSR count). The maximum Gasteiger partial charge on any atom is 0.323 e. The SMILES string of the molecule is COC(=O)C(C)(Cc1ccc(Cl)cc1F)C(=O)O. The first-order valence-electron chi connectivity index (χ1n) is 5.07. The summed E-state index contributed by atoms with van der Waals surface area (Å²) < 4.78 is 18.0. The molecule has 1 unspecified atom stereocenters. The van der Waals surface area contributed by atoms with Crippen LogP contribution in [0.3, 0.4) is 0 Å². The van der Waals surface area contributed by atoms with E-state index in [4.69, 9.17) is 16.7 Å². The number of aliphatic carboxylic acids is 1. The molecule has 0 bridgehead atoms. The van der Waals surface area contributed by atoms with Crippen molar-refractivity contribution in [3.8, 4) is 0 Å². The fraction of sp³-hybridized carbons (Fsp3) is 0.333. The van der Waals surface area contributed by atoms with Gasteiger partial charge in [0.25, 0.3) is 0 Å². The van der Waals surface area contributed by atoms with E-state index in [1.807, 2.05) is 0 Å². The quantitative estimate of drug-likeness (QED) is 0.676. The second-order valence-electron chi connectivity index (χ2n) is 4.04. The second-order valence-corrected chi connectivity index (χ2v) is 4.48. The Morgan fingerprint density at radius 2 is 2.11 bits per heavy atom. The first-order chi connectivity index (χ1) is 8.31. The summed E-state index contributed by atoms with van der Waals surface area (Å²) in [5, 5.41) is 9.29. The molecule has 0 aliphatic heterocycles. The van der Waals surface area contributed by atoms with E-state index in [2.05, 4.69) is 4.74 Å². The predicted molar refractivity (Wildman–Crippen MR) is 62.9 cm³/mol. The van der Waals surface area contributed by atoms with Gasteiger partial charge in [0.15, 0.2) is 5.41 Å². The van der Waals surface area contributed by atoms with Crippen molar-refractivity contribution >= 4 is 23.5 Å². The third-order valence-corrected chi connectivity index (χ3v) is 2.90. The molecule has 0 heterocycles. The molecule has 0 radical (unpaired) electrons. The Hall–Kier alpha value is -1.62. The maximum absolute atomic E-state index is 13.6. The van der Waals surface area contributed by atoms with Gasteiger partial charge in [0.05, 0.1) is 7.11 Å². The summed E-state index contributed by atoms with van der Waals surface area (Å²) >= 11 is 5.59. The largest absolute Gasteiger partial charge is 0.480 e. The highest BCUT2D eigenvalue weighted by Gasteiger charge is 2.43. The van der Waals surface area contributed by atoms with Gasteiger partial charge in [0.1, 0.15) is 5.82 Å². The summed E-state index contributed by atoms with van der Waals surface area (Å²) in [5.74, 6) is -2.95. The van der Waals surface area contributed by atoms with Gasteiger partial charge in [-0.2, -0.15) is 0 Å². The molecular formula is C12H12ClFO4. The molecule has 0 aromatic heterocycles. The molecule has 4 nitrogen and oxygen atoms in total. The lowest BCUT2D eigenvalue weighted by Gasteiger charge is -2.22. The van der Waals surface area contributed by atoms with E-state index in [1.54, 1.807) is 0 Å². The number of rotatable bonds is 4. The minimum Gasteiger partial charge on any atom is -0.480 e. The Morgan fingerprint density at radius 1 is 1.50 bits per heavy atom. The number of hydrogen-bond donors (Lipinski definition) is 1. The van der Waals surface area contributed by atoms with Crippen LogP contribution in [-0.4, -0.2) is 24.2 Å². The van der Waals surface area contributed by atoms with E-state index in [1.165, 1.54) is 19.1 Å². The molecule has 98 valence electrons. The molecule has 0 saturated heterocycles. The van der Waals surface area contributed by atoms with E-state index < -0.39 is 23.2 Å². The molecule has 1 atom stereocenters. The maximum atomic E-state index is 13.6. The lowest BCUT2D eigenvalue weighted by molar-refractivity contribution is -0.165. The van der Waals surface area contributed by atoms with Crippen LogP contribution in [0.1, 0.15) is 12.5 Å². The third kappa shape index (κ3) is 2.79. The van der Waals surface area contributed by atoms with Crippen LogP contribution in [-0.2, 0) is 20.7 Å². The van der Waals surface area contributed by atoms with Crippen LogP contribution in [0.5, 0.6) is 0 Å². The van der Waals surface area contributed by atoms with Gasteiger partial charge in [0.2, 0.25) is 0 Å². The van der Waals surface area contributed by atoms with Crippen LogP contribution >= 0.6 is 11.6 Å². The number of hydrogen-bond acceptors (Lipinski definition) is 3. The van der Waals surface area contributed by atoms with E-state index >= 15 is 0 Å². The van der Waals surface area contributed by atoms with Crippen LogP contribution in [0.25, 0.3) is 0 Å². The van der Waals surface area contributed by atoms with Crippen molar-refractivity contribution in [2.75, 3.05) is 7.11 Å². The standard InChI is InChI=1S/C12H12ClFO4/c1-12(10(15)16,11(17)18-2)6-7-3-4-8(13)5-9(7)14/h3-5H,6H2,1-2H3,(H,15,16). The minimum absolute atomic E-state index is 0.0923. The van der Waals surface area contributed by atoms with Crippen molar-refractivity contribution in [1.29, 1.82) is 0 Å². The summed E-state index contributed by atoms with van der Waals surface area (Å²) in [4.78, 5) is 22.7. The number of ether oxygens (including phenoxy) is 1. The van der Waals surface area contributed by atoms with Gasteiger partial charge in [-0.15, -0.1) is 0 Å². The number of carbonyl (C=O) groups is 2. The first-order valence-corrected chi connectivity index (χ1v) is 5.45. The van der Waals surface area contributed by atoms with E-state index in [9.17, 15) is 14.0 Å². The van der Waals surface area contributed by atoms with Crippen molar-refractivity contribution < 1.29 is 23.8 Å². The number of carboxylic acids is 1. The monoisotopic (exact) mass is 274 g/mol. The fourth-order valence-corrected chi connectivity index (χ4v) is 1.67. The molecular weight excluding hydrogens is 263 g/mol. The molecule has 1 aromatic rings. The third-order valence-electron chi connectivity index (χ3n) is 2.67. The highest BCUT2D eigenvalue weighted by Crippen LogP contribution is 2.27. The van der Waals surface area contributed by atoms with Gasteiger partial charge in [-0.3, -0.25) is 9.59 Å². The number of carboxylic acid groups (broad SMARTS) is 1. The summed E-state index contributed by atoms with van der Waals surface area (Å²) in [5.41, 5.74) is -1.74. The lowest BCUT2D eigenvalue weighted by atomic mass is 9.83. The van der Waals surface area contributed by atoms with Crippen molar-refractivity contribution in [2.24, 2.45) is 5.41 Å². The zero-order valence-corrected chi connectivity index (χ0v) is 10.6. The number of halogens is 2. The Morgan fingerprint density at radius 3 is 2.56 bits per heavy atom. The van der Waals surface area contributed by atoms with E-state index in [-0.39, 0.29) is 17.0 Å². The highest BCUT2D eigenvalue weighted by molar-refractivity contribution is 6.30. The molecule has 18 heavy (non-hydrogen) atoms. The van der Waals surface area contributed by atoms with Crippen molar-refractivity contribution in [3.05, 3.63) is 34.6 Å². The summed E-state index contributed by atoms with van der Waals surface area (Å²) in [6, 6.07) is 3.84. The number of carbonyl (C=O) groups excluding carboxylic acids is 1. The Bertz CT molecular complexity index is 489. The smallest absolute Gasteiger partial charge is 0.323 e. The summed E-state index contributed by atoms with van der Waals surface area (Å²) in [7, 11) is 1.09. The Kier molecular flexibility index (Phi) is 4.29. The second kappa shape index (κ2) is 5.35. The first kappa shape index (κ1) is 14.4. The molecule has 0 aliphatic carbocycles. The molecule has 0 amide bonds. The summed E-state index contributed by atoms with van der Waals surface area (Å²) in [6.45, 7) is 1.19. The highest BCUT2D eigenvalue weighted by atomic mass is 35.5. The van der Waals surface area contributed by atoms with Crippen molar-refractivity contribution in [2.45, 2.75) is 13.3 Å². The Balaban J connectivity index is 3.12. The van der Waals surface area contributed by atoms with Crippen molar-refractivity contribution in [1.82, 2.24) is 0 Å². The minimum atomic E-state index is -1.83. The number of methoxy groups -OCH3 is 1. The van der Waals surface area contributed by atoms with Gasteiger partial charge in [-0.1, -0.05) is 17.7 Å². The summed E-state index contributed by atoms with van der Waals surface area (Å²) in [6.07, 6.45) is -0.308. The molecule has 0 spiro atoms. The van der Waals surface area contributed by atoms with Gasteiger partial charge < -0.3 is 9.84 Å². The average molecular weight is 275 g/mol. The van der Waals surface area contributed by atoms with E-state index in [0.29, 0.717) is 0 Å². The topological polar surface area (TPSA) is 63.6 Å². The molecule has 0 aliphatic rings. The van der Waals surface area contributed by atoms with Crippen LogP contribution in [0.2, 0.25) is 5.02 Å². The van der Waals surface area contributed by atoms with E-state index in [0.717, 1.165) is 13.2 Å². The van der Waals surface area contributed by atoms with Gasteiger partial charge >= 0.3 is 11.9 Å². The molecule has 1 aromatic carbocycles. The Labute approximate surface area is 108 Å². The molecule has 0 fully saturated rings. The van der Waals surface area contributed by atoms with Crippen LogP contribution in [0.15, 0.2) is 18.2 Å². The zero-order valence-electron chi connectivity index (χ0n) is 9.87. The van der Waals surface area contributed by atoms with Crippen LogP contribution in [0.4, 0.5) is 4.39 Å². The zero-order chi connectivity index (χ0) is 13.9. The average Bonchev–Trinajstić information content (AvgIpc) is 2.31. The van der Waals surface area contributed by atoms with Gasteiger partial charge in [-0.05, 0) is 24.6 Å². The number of esters is 1. The molecule has 1 N–H and O–H groups in total. The fourth-order valence-electron chi connectivity index (χ4n) is 1.51. The van der Waals surface area contributed by atoms with Crippen molar-refractivity contribution in [3.63, 3.8) is 0 Å². The van der Waals surface area contributed by atoms with Crippen LogP contribution < -0.4 is 0 Å².